The predicted octanol–water partition coefficient (Wildman–Crippen LogP) is 3.48. The number of aryl methyl sites for hydroxylation is 1. The van der Waals surface area contributed by atoms with Crippen molar-refractivity contribution in [3.8, 4) is 0 Å². The summed E-state index contributed by atoms with van der Waals surface area (Å²) in [6.07, 6.45) is 1.11. The Balaban J connectivity index is 3.12. The van der Waals surface area contributed by atoms with Gasteiger partial charge in [-0.2, -0.15) is 0 Å². The Bertz CT molecular complexity index is 349. The lowest BCUT2D eigenvalue weighted by atomic mass is 9.96. The SMILES string of the molecule is Cc1cc(Cl)cc(C(C)CC=O)c1F. The molecule has 1 nitrogen and oxygen atoms in total. The van der Waals surface area contributed by atoms with E-state index in [2.05, 4.69) is 0 Å². The summed E-state index contributed by atoms with van der Waals surface area (Å²) in [4.78, 5) is 10.3. The lowest BCUT2D eigenvalue weighted by Crippen LogP contribution is -2.00. The molecule has 0 aliphatic rings. The molecule has 0 spiro atoms. The number of aldehydes is 1. The molecular formula is C11H12ClFO. The Morgan fingerprint density at radius 3 is 2.79 bits per heavy atom. The van der Waals surface area contributed by atoms with E-state index in [0.717, 1.165) is 6.29 Å². The van der Waals surface area contributed by atoms with Gasteiger partial charge in [-0.05, 0) is 36.1 Å². The summed E-state index contributed by atoms with van der Waals surface area (Å²) in [5.74, 6) is -0.381. The first-order chi connectivity index (χ1) is 6.56. The van der Waals surface area contributed by atoms with Crippen LogP contribution < -0.4 is 0 Å². The highest BCUT2D eigenvalue weighted by Gasteiger charge is 2.13. The van der Waals surface area contributed by atoms with Crippen LogP contribution in [0.25, 0.3) is 0 Å². The van der Waals surface area contributed by atoms with E-state index in [1.807, 2.05) is 6.92 Å². The van der Waals surface area contributed by atoms with Gasteiger partial charge in [0.05, 0.1) is 0 Å². The minimum Gasteiger partial charge on any atom is -0.303 e. The highest BCUT2D eigenvalue weighted by Crippen LogP contribution is 2.26. The van der Waals surface area contributed by atoms with E-state index in [9.17, 15) is 9.18 Å². The molecule has 0 radical (unpaired) electrons. The van der Waals surface area contributed by atoms with Crippen molar-refractivity contribution in [2.24, 2.45) is 0 Å². The Morgan fingerprint density at radius 2 is 2.21 bits per heavy atom. The third-order valence-corrected chi connectivity index (χ3v) is 2.45. The maximum absolute atomic E-state index is 13.6. The molecule has 1 atom stereocenters. The fraction of sp³-hybridized carbons (Fsp3) is 0.364. The topological polar surface area (TPSA) is 17.1 Å². The lowest BCUT2D eigenvalue weighted by molar-refractivity contribution is -0.108. The van der Waals surface area contributed by atoms with Gasteiger partial charge in [-0.25, -0.2) is 4.39 Å². The molecule has 1 unspecified atom stereocenters. The van der Waals surface area contributed by atoms with Crippen LogP contribution in [0.3, 0.4) is 0 Å². The number of benzene rings is 1. The zero-order valence-corrected chi connectivity index (χ0v) is 8.94. The number of carbonyl (C=O) groups excluding carboxylic acids is 1. The van der Waals surface area contributed by atoms with Gasteiger partial charge in [-0.1, -0.05) is 18.5 Å². The van der Waals surface area contributed by atoms with Gasteiger partial charge in [0.2, 0.25) is 0 Å². The maximum Gasteiger partial charge on any atom is 0.129 e. The average Bonchev–Trinajstić information content (AvgIpc) is 2.11. The summed E-state index contributed by atoms with van der Waals surface area (Å²) in [6, 6.07) is 3.16. The Hall–Kier alpha value is -0.890. The van der Waals surface area contributed by atoms with Crippen LogP contribution in [0.5, 0.6) is 0 Å². The Labute approximate surface area is 87.9 Å². The van der Waals surface area contributed by atoms with Crippen molar-refractivity contribution in [2.75, 3.05) is 0 Å². The van der Waals surface area contributed by atoms with Crippen molar-refractivity contribution >= 4 is 17.9 Å². The third kappa shape index (κ3) is 2.32. The number of hydrogen-bond acceptors (Lipinski definition) is 1. The first-order valence-corrected chi connectivity index (χ1v) is 4.83. The summed E-state index contributed by atoms with van der Waals surface area (Å²) in [5, 5.41) is 0.511. The summed E-state index contributed by atoms with van der Waals surface area (Å²) in [7, 11) is 0. The molecule has 0 fully saturated rings. The first kappa shape index (κ1) is 11.2. The number of hydrogen-bond donors (Lipinski definition) is 0. The van der Waals surface area contributed by atoms with Crippen LogP contribution in [0.4, 0.5) is 4.39 Å². The molecule has 0 N–H and O–H groups in total. The fourth-order valence-electron chi connectivity index (χ4n) is 1.38. The molecular weight excluding hydrogens is 203 g/mol. The van der Waals surface area contributed by atoms with Crippen molar-refractivity contribution in [1.29, 1.82) is 0 Å². The van der Waals surface area contributed by atoms with Crippen LogP contribution in [-0.4, -0.2) is 6.29 Å². The maximum atomic E-state index is 13.6. The molecule has 0 bridgehead atoms. The highest BCUT2D eigenvalue weighted by molar-refractivity contribution is 6.30. The van der Waals surface area contributed by atoms with Crippen molar-refractivity contribution in [1.82, 2.24) is 0 Å². The van der Waals surface area contributed by atoms with Gasteiger partial charge in [0, 0.05) is 11.4 Å². The van der Waals surface area contributed by atoms with E-state index in [0.29, 0.717) is 22.6 Å². The van der Waals surface area contributed by atoms with Crippen LogP contribution in [0.15, 0.2) is 12.1 Å². The highest BCUT2D eigenvalue weighted by atomic mass is 35.5. The van der Waals surface area contributed by atoms with Crippen LogP contribution in [-0.2, 0) is 4.79 Å². The van der Waals surface area contributed by atoms with E-state index in [4.69, 9.17) is 11.6 Å². The predicted molar refractivity (Wildman–Crippen MR) is 55.2 cm³/mol. The molecule has 1 aromatic carbocycles. The van der Waals surface area contributed by atoms with E-state index >= 15 is 0 Å². The molecule has 0 aromatic heterocycles. The zero-order valence-electron chi connectivity index (χ0n) is 8.18. The Morgan fingerprint density at radius 1 is 1.57 bits per heavy atom. The molecule has 1 rings (SSSR count). The van der Waals surface area contributed by atoms with E-state index < -0.39 is 0 Å². The van der Waals surface area contributed by atoms with E-state index in [-0.39, 0.29) is 11.7 Å². The molecule has 0 saturated carbocycles. The Kier molecular flexibility index (Phi) is 3.64. The normalized spacial score (nSPS) is 12.6. The lowest BCUT2D eigenvalue weighted by Gasteiger charge is -2.11. The van der Waals surface area contributed by atoms with Gasteiger partial charge >= 0.3 is 0 Å². The van der Waals surface area contributed by atoms with Gasteiger partial charge in [0.1, 0.15) is 12.1 Å². The van der Waals surface area contributed by atoms with E-state index in [1.165, 1.54) is 0 Å². The van der Waals surface area contributed by atoms with Gasteiger partial charge in [-0.15, -0.1) is 0 Å². The van der Waals surface area contributed by atoms with Crippen molar-refractivity contribution < 1.29 is 9.18 Å². The van der Waals surface area contributed by atoms with E-state index in [1.54, 1.807) is 19.1 Å². The quantitative estimate of drug-likeness (QED) is 0.704. The van der Waals surface area contributed by atoms with Gasteiger partial charge in [0.15, 0.2) is 0 Å². The van der Waals surface area contributed by atoms with Crippen LogP contribution in [0.1, 0.15) is 30.4 Å². The largest absolute Gasteiger partial charge is 0.303 e. The summed E-state index contributed by atoms with van der Waals surface area (Å²) >= 11 is 5.81. The van der Waals surface area contributed by atoms with Gasteiger partial charge in [0.25, 0.3) is 0 Å². The third-order valence-electron chi connectivity index (χ3n) is 2.23. The molecule has 1 aromatic rings. The van der Waals surface area contributed by atoms with Gasteiger partial charge < -0.3 is 4.79 Å². The van der Waals surface area contributed by atoms with Crippen LogP contribution >= 0.6 is 11.6 Å². The fourth-order valence-corrected chi connectivity index (χ4v) is 1.66. The molecule has 0 amide bonds. The monoisotopic (exact) mass is 214 g/mol. The van der Waals surface area contributed by atoms with Crippen molar-refractivity contribution in [3.63, 3.8) is 0 Å². The second kappa shape index (κ2) is 4.56. The average molecular weight is 215 g/mol. The number of halogens is 2. The molecule has 76 valence electrons. The second-order valence-corrected chi connectivity index (χ2v) is 3.87. The summed E-state index contributed by atoms with van der Waals surface area (Å²) in [6.45, 7) is 3.47. The molecule has 3 heteroatoms. The number of carbonyl (C=O) groups is 1. The molecule has 0 aliphatic heterocycles. The molecule has 14 heavy (non-hydrogen) atoms. The minimum atomic E-state index is -0.260. The minimum absolute atomic E-state index is 0.120. The zero-order chi connectivity index (χ0) is 10.7. The number of rotatable bonds is 3. The van der Waals surface area contributed by atoms with Gasteiger partial charge in [-0.3, -0.25) is 0 Å². The van der Waals surface area contributed by atoms with Crippen molar-refractivity contribution in [2.45, 2.75) is 26.2 Å². The molecule has 0 saturated heterocycles. The van der Waals surface area contributed by atoms with Crippen molar-refractivity contribution in [3.05, 3.63) is 34.1 Å². The smallest absolute Gasteiger partial charge is 0.129 e. The molecule has 0 aliphatic carbocycles. The first-order valence-electron chi connectivity index (χ1n) is 4.45. The molecule has 0 heterocycles. The second-order valence-electron chi connectivity index (χ2n) is 3.43. The van der Waals surface area contributed by atoms with Crippen LogP contribution in [0.2, 0.25) is 5.02 Å². The summed E-state index contributed by atoms with van der Waals surface area (Å²) < 4.78 is 13.6. The van der Waals surface area contributed by atoms with Crippen LogP contribution in [0, 0.1) is 12.7 Å². The summed E-state index contributed by atoms with van der Waals surface area (Å²) in [5.41, 5.74) is 1.03. The standard InChI is InChI=1S/C11H12ClFO/c1-7(3-4-14)10-6-9(12)5-8(2)11(10)13/h4-7H,3H2,1-2H3.